The maximum atomic E-state index is 12.9. The number of thioether (sulfide) groups is 1. The lowest BCUT2D eigenvalue weighted by molar-refractivity contribution is -0.116. The number of fused-ring (bicyclic) bond motifs is 1. The topological polar surface area (TPSA) is 80.1 Å². The first-order chi connectivity index (χ1) is 16.0. The number of nitrogens with one attached hydrogen (secondary N) is 1. The molecule has 3 aromatic rings. The van der Waals surface area contributed by atoms with Crippen LogP contribution in [0.25, 0.3) is 0 Å². The molecule has 1 N–H and O–H groups in total. The van der Waals surface area contributed by atoms with Gasteiger partial charge in [0.05, 0.1) is 12.2 Å². The summed E-state index contributed by atoms with van der Waals surface area (Å²) in [7, 11) is 0. The lowest BCUT2D eigenvalue weighted by Crippen LogP contribution is -2.30. The van der Waals surface area contributed by atoms with Gasteiger partial charge >= 0.3 is 0 Å². The van der Waals surface area contributed by atoms with Crippen molar-refractivity contribution in [3.05, 3.63) is 77.6 Å². The van der Waals surface area contributed by atoms with Crippen LogP contribution < -0.4 is 10.2 Å². The number of benzene rings is 2. The molecule has 2 amide bonds. The maximum Gasteiger partial charge on any atom is 0.237 e. The fraction of sp³-hybridized carbons (Fsp3) is 0.280. The van der Waals surface area contributed by atoms with Gasteiger partial charge < -0.3 is 14.8 Å². The molecule has 2 aromatic carbocycles. The van der Waals surface area contributed by atoms with E-state index in [1.54, 1.807) is 6.08 Å². The van der Waals surface area contributed by atoms with Crippen LogP contribution in [0.2, 0.25) is 0 Å². The first-order valence-corrected chi connectivity index (χ1v) is 11.9. The van der Waals surface area contributed by atoms with Gasteiger partial charge in [-0.2, -0.15) is 0 Å². The minimum absolute atomic E-state index is 0.0344. The van der Waals surface area contributed by atoms with E-state index in [9.17, 15) is 9.59 Å². The van der Waals surface area contributed by atoms with E-state index in [4.69, 9.17) is 0 Å². The SMILES string of the molecule is C=CCn1c(CC(=O)Nc2ccc(C)c(C)c2)nnc1SCC(=O)N1CCc2ccccc21. The fourth-order valence-electron chi connectivity index (χ4n) is 3.84. The predicted octanol–water partition coefficient (Wildman–Crippen LogP) is 3.94. The molecule has 4 rings (SSSR count). The number of hydrogen-bond acceptors (Lipinski definition) is 5. The Morgan fingerprint density at radius 2 is 1.97 bits per heavy atom. The zero-order chi connectivity index (χ0) is 23.4. The Hall–Kier alpha value is -3.39. The zero-order valence-electron chi connectivity index (χ0n) is 18.9. The smallest absolute Gasteiger partial charge is 0.237 e. The van der Waals surface area contributed by atoms with E-state index in [-0.39, 0.29) is 24.0 Å². The second-order valence-corrected chi connectivity index (χ2v) is 8.98. The van der Waals surface area contributed by atoms with E-state index >= 15 is 0 Å². The van der Waals surface area contributed by atoms with Crippen molar-refractivity contribution in [2.75, 3.05) is 22.5 Å². The Morgan fingerprint density at radius 3 is 2.76 bits per heavy atom. The van der Waals surface area contributed by atoms with Gasteiger partial charge in [-0.15, -0.1) is 16.8 Å². The van der Waals surface area contributed by atoms with Crippen LogP contribution in [-0.2, 0) is 29.0 Å². The van der Waals surface area contributed by atoms with Gasteiger partial charge in [-0.1, -0.05) is 42.1 Å². The Balaban J connectivity index is 1.41. The van der Waals surface area contributed by atoms with Gasteiger partial charge in [0.25, 0.3) is 0 Å². The average Bonchev–Trinajstić information content (AvgIpc) is 3.39. The summed E-state index contributed by atoms with van der Waals surface area (Å²) in [6.45, 7) is 9.01. The number of nitrogens with zero attached hydrogens (tertiary/aromatic N) is 4. The first-order valence-electron chi connectivity index (χ1n) is 10.9. The van der Waals surface area contributed by atoms with E-state index in [1.165, 1.54) is 22.9 Å². The molecule has 0 saturated heterocycles. The van der Waals surface area contributed by atoms with E-state index in [1.807, 2.05) is 59.7 Å². The Morgan fingerprint density at radius 1 is 1.15 bits per heavy atom. The molecule has 0 atom stereocenters. The normalized spacial score (nSPS) is 12.5. The summed E-state index contributed by atoms with van der Waals surface area (Å²) in [5.41, 5.74) is 5.23. The van der Waals surface area contributed by atoms with Crippen LogP contribution in [0.15, 0.2) is 60.3 Å². The van der Waals surface area contributed by atoms with Gasteiger partial charge in [0.2, 0.25) is 11.8 Å². The summed E-state index contributed by atoms with van der Waals surface area (Å²) in [5.74, 6) is 0.653. The van der Waals surface area contributed by atoms with E-state index in [0.29, 0.717) is 24.1 Å². The number of allylic oxidation sites excluding steroid dienone is 1. The number of amides is 2. The highest BCUT2D eigenvalue weighted by Crippen LogP contribution is 2.29. The summed E-state index contributed by atoms with van der Waals surface area (Å²) in [6, 6.07) is 13.8. The van der Waals surface area contributed by atoms with Crippen molar-refractivity contribution >= 4 is 35.0 Å². The lowest BCUT2D eigenvalue weighted by Gasteiger charge is -2.17. The molecule has 0 spiro atoms. The van der Waals surface area contributed by atoms with E-state index < -0.39 is 0 Å². The standard InChI is InChI=1S/C25H27N5O2S/c1-4-12-30-22(15-23(31)26-20-10-9-17(2)18(3)14-20)27-28-25(30)33-16-24(32)29-13-11-19-7-5-6-8-21(19)29/h4-10,14H,1,11-13,15-16H2,2-3H3,(H,26,31). The van der Waals surface area contributed by atoms with Gasteiger partial charge in [-0.05, 0) is 55.2 Å². The van der Waals surface area contributed by atoms with Crippen LogP contribution >= 0.6 is 11.8 Å². The summed E-state index contributed by atoms with van der Waals surface area (Å²) in [5, 5.41) is 12.0. The molecule has 1 aromatic heterocycles. The predicted molar refractivity (Wildman–Crippen MR) is 132 cm³/mol. The summed E-state index contributed by atoms with van der Waals surface area (Å²) >= 11 is 1.33. The summed E-state index contributed by atoms with van der Waals surface area (Å²) < 4.78 is 1.84. The highest BCUT2D eigenvalue weighted by atomic mass is 32.2. The molecule has 1 aliphatic rings. The minimum atomic E-state index is -0.169. The number of anilines is 2. The molecule has 0 aliphatic carbocycles. The second kappa shape index (κ2) is 10.0. The Labute approximate surface area is 197 Å². The van der Waals surface area contributed by atoms with Crippen LogP contribution in [-0.4, -0.2) is 38.9 Å². The second-order valence-electron chi connectivity index (χ2n) is 8.03. The molecule has 1 aliphatic heterocycles. The summed E-state index contributed by atoms with van der Waals surface area (Å²) in [4.78, 5) is 27.3. The number of rotatable bonds is 8. The van der Waals surface area contributed by atoms with Gasteiger partial charge in [-0.3, -0.25) is 9.59 Å². The maximum absolute atomic E-state index is 12.9. The highest BCUT2D eigenvalue weighted by molar-refractivity contribution is 7.99. The van der Waals surface area contributed by atoms with E-state index in [0.717, 1.165) is 23.4 Å². The molecule has 33 heavy (non-hydrogen) atoms. The molecule has 0 bridgehead atoms. The number of aromatic nitrogens is 3. The monoisotopic (exact) mass is 461 g/mol. The molecule has 0 radical (unpaired) electrons. The van der Waals surface area contributed by atoms with Gasteiger partial charge in [0.15, 0.2) is 5.16 Å². The van der Waals surface area contributed by atoms with Gasteiger partial charge in [0, 0.05) is 24.5 Å². The Bertz CT molecular complexity index is 1200. The molecule has 7 nitrogen and oxygen atoms in total. The van der Waals surface area contributed by atoms with Crippen molar-refractivity contribution in [1.82, 2.24) is 14.8 Å². The van der Waals surface area contributed by atoms with Crippen molar-refractivity contribution in [3.63, 3.8) is 0 Å². The van der Waals surface area contributed by atoms with Crippen LogP contribution in [0.3, 0.4) is 0 Å². The quantitative estimate of drug-likeness (QED) is 0.406. The lowest BCUT2D eigenvalue weighted by atomic mass is 10.1. The molecule has 170 valence electrons. The fourth-order valence-corrected chi connectivity index (χ4v) is 4.68. The molecule has 2 heterocycles. The van der Waals surface area contributed by atoms with Crippen LogP contribution in [0.1, 0.15) is 22.5 Å². The number of aryl methyl sites for hydroxylation is 2. The summed E-state index contributed by atoms with van der Waals surface area (Å²) in [6.07, 6.45) is 2.69. The molecular weight excluding hydrogens is 434 g/mol. The molecule has 0 unspecified atom stereocenters. The average molecular weight is 462 g/mol. The van der Waals surface area contributed by atoms with Crippen molar-refractivity contribution in [2.24, 2.45) is 0 Å². The first kappa shape index (κ1) is 22.8. The van der Waals surface area contributed by atoms with Crippen LogP contribution in [0.4, 0.5) is 11.4 Å². The minimum Gasteiger partial charge on any atom is -0.326 e. The largest absolute Gasteiger partial charge is 0.326 e. The number of hydrogen-bond donors (Lipinski definition) is 1. The number of carbonyl (C=O) groups excluding carboxylic acids is 2. The van der Waals surface area contributed by atoms with Gasteiger partial charge in [-0.25, -0.2) is 0 Å². The van der Waals surface area contributed by atoms with Crippen molar-refractivity contribution in [1.29, 1.82) is 0 Å². The third kappa shape index (κ3) is 5.17. The van der Waals surface area contributed by atoms with Crippen LogP contribution in [0, 0.1) is 13.8 Å². The third-order valence-electron chi connectivity index (χ3n) is 5.73. The highest BCUT2D eigenvalue weighted by Gasteiger charge is 2.25. The van der Waals surface area contributed by atoms with Crippen molar-refractivity contribution < 1.29 is 9.59 Å². The molecule has 0 saturated carbocycles. The van der Waals surface area contributed by atoms with Gasteiger partial charge in [0.1, 0.15) is 5.82 Å². The molecule has 0 fully saturated rings. The Kier molecular flexibility index (Phi) is 6.93. The molecular formula is C25H27N5O2S. The number of para-hydroxylation sites is 1. The third-order valence-corrected chi connectivity index (χ3v) is 6.68. The molecule has 8 heteroatoms. The zero-order valence-corrected chi connectivity index (χ0v) is 19.7. The van der Waals surface area contributed by atoms with E-state index in [2.05, 4.69) is 28.2 Å². The van der Waals surface area contributed by atoms with Crippen molar-refractivity contribution in [3.8, 4) is 0 Å². The number of carbonyl (C=O) groups is 2. The van der Waals surface area contributed by atoms with Crippen LogP contribution in [0.5, 0.6) is 0 Å². The van der Waals surface area contributed by atoms with Crippen molar-refractivity contribution in [2.45, 2.75) is 38.4 Å².